The molecule has 3 unspecified atom stereocenters. The molecule has 0 aliphatic carbocycles. The van der Waals surface area contributed by atoms with Crippen LogP contribution in [0.1, 0.15) is 13.8 Å². The van der Waals surface area contributed by atoms with Crippen molar-refractivity contribution in [1.29, 1.82) is 0 Å². The first-order valence-corrected chi connectivity index (χ1v) is 8.41. The van der Waals surface area contributed by atoms with Gasteiger partial charge in [-0.15, -0.1) is 11.6 Å². The lowest BCUT2D eigenvalue weighted by Gasteiger charge is -2.20. The Hall–Kier alpha value is -1.73. The van der Waals surface area contributed by atoms with E-state index in [0.717, 1.165) is 0 Å². The minimum absolute atomic E-state index is 0.123. The zero-order chi connectivity index (χ0) is 17.4. The summed E-state index contributed by atoms with van der Waals surface area (Å²) in [6, 6.07) is 7.90. The number of carboxylic acids is 1. The van der Waals surface area contributed by atoms with Crippen molar-refractivity contribution in [2.45, 2.75) is 30.5 Å². The molecule has 126 valence electrons. The van der Waals surface area contributed by atoms with Gasteiger partial charge in [-0.3, -0.25) is 9.59 Å². The Morgan fingerprint density at radius 1 is 1.26 bits per heavy atom. The lowest BCUT2D eigenvalue weighted by atomic mass is 10.2. The van der Waals surface area contributed by atoms with E-state index in [9.17, 15) is 14.4 Å². The van der Waals surface area contributed by atoms with E-state index in [2.05, 4.69) is 10.6 Å². The molecule has 0 spiro atoms. The summed E-state index contributed by atoms with van der Waals surface area (Å²) in [5.41, 5.74) is 0.641. The topological polar surface area (TPSA) is 95.5 Å². The third-order valence-corrected chi connectivity index (χ3v) is 4.95. The third kappa shape index (κ3) is 6.92. The molecular formula is C15H19ClN2O4S. The van der Waals surface area contributed by atoms with Gasteiger partial charge >= 0.3 is 5.97 Å². The van der Waals surface area contributed by atoms with Crippen LogP contribution in [-0.4, -0.2) is 45.3 Å². The molecule has 0 aliphatic heterocycles. The minimum atomic E-state index is -1.13. The largest absolute Gasteiger partial charge is 0.480 e. The van der Waals surface area contributed by atoms with E-state index >= 15 is 0 Å². The van der Waals surface area contributed by atoms with E-state index in [1.807, 2.05) is 6.07 Å². The number of amides is 2. The number of benzene rings is 1. The van der Waals surface area contributed by atoms with Gasteiger partial charge in [0.25, 0.3) is 0 Å². The van der Waals surface area contributed by atoms with Gasteiger partial charge in [0.05, 0.1) is 0 Å². The van der Waals surface area contributed by atoms with Crippen LogP contribution in [0, 0.1) is 0 Å². The number of halogens is 1. The molecule has 0 saturated heterocycles. The molecule has 6 nitrogen and oxygen atoms in total. The summed E-state index contributed by atoms with van der Waals surface area (Å²) in [4.78, 5) is 34.1. The molecule has 3 N–H and O–H groups in total. The Balaban J connectivity index is 2.52. The van der Waals surface area contributed by atoms with Gasteiger partial charge in [-0.1, -0.05) is 25.1 Å². The predicted molar refractivity (Wildman–Crippen MR) is 91.9 cm³/mol. The molecule has 1 aromatic rings. The van der Waals surface area contributed by atoms with Crippen molar-refractivity contribution in [3.05, 3.63) is 30.3 Å². The number of thioether (sulfide) groups is 1. The summed E-state index contributed by atoms with van der Waals surface area (Å²) in [7, 11) is 0. The van der Waals surface area contributed by atoms with Gasteiger partial charge in [-0.25, -0.2) is 4.79 Å². The average molecular weight is 359 g/mol. The third-order valence-electron chi connectivity index (χ3n) is 2.91. The predicted octanol–water partition coefficient (Wildman–Crippen LogP) is 1.94. The lowest BCUT2D eigenvalue weighted by Crippen LogP contribution is -2.42. The van der Waals surface area contributed by atoms with Gasteiger partial charge in [0.15, 0.2) is 0 Å². The normalized spacial score (nSPS) is 14.4. The summed E-state index contributed by atoms with van der Waals surface area (Å²) in [5.74, 6) is -1.78. The number of carbonyl (C=O) groups excluding carboxylic acids is 2. The Morgan fingerprint density at radius 2 is 1.87 bits per heavy atom. The van der Waals surface area contributed by atoms with Crippen molar-refractivity contribution in [2.75, 3.05) is 11.1 Å². The summed E-state index contributed by atoms with van der Waals surface area (Å²) in [6.07, 6.45) is 0. The maximum Gasteiger partial charge on any atom is 0.327 e. The standard InChI is InChI=1S/C15H19ClN2O4S/c1-9(23-8-12(15(21)22)17-10(2)19)13(16)14(20)18-11-6-4-3-5-7-11/h3-7,9,12-13H,8H2,1-2H3,(H,17,19)(H,18,20)(H,21,22). The molecule has 0 aromatic heterocycles. The first kappa shape index (κ1) is 19.3. The molecule has 1 rings (SSSR count). The van der Waals surface area contributed by atoms with E-state index in [4.69, 9.17) is 16.7 Å². The smallest absolute Gasteiger partial charge is 0.327 e. The first-order valence-electron chi connectivity index (χ1n) is 6.92. The maximum atomic E-state index is 12.1. The number of hydrogen-bond donors (Lipinski definition) is 3. The van der Waals surface area contributed by atoms with Crippen molar-refractivity contribution in [3.8, 4) is 0 Å². The van der Waals surface area contributed by atoms with E-state index < -0.39 is 23.3 Å². The zero-order valence-corrected chi connectivity index (χ0v) is 14.4. The molecule has 0 saturated carbocycles. The molecule has 0 aliphatic rings. The van der Waals surface area contributed by atoms with Crippen molar-refractivity contribution >= 4 is 46.8 Å². The van der Waals surface area contributed by atoms with Gasteiger partial charge in [0, 0.05) is 23.6 Å². The number of carbonyl (C=O) groups is 3. The number of anilines is 1. The highest BCUT2D eigenvalue weighted by molar-refractivity contribution is 8.00. The number of nitrogens with one attached hydrogen (secondary N) is 2. The second-order valence-corrected chi connectivity index (χ2v) is 6.77. The van der Waals surface area contributed by atoms with Gasteiger partial charge in [-0.05, 0) is 12.1 Å². The van der Waals surface area contributed by atoms with E-state index in [1.165, 1.54) is 18.7 Å². The minimum Gasteiger partial charge on any atom is -0.480 e. The summed E-state index contributed by atoms with van der Waals surface area (Å²) >= 11 is 7.35. The van der Waals surface area contributed by atoms with E-state index in [-0.39, 0.29) is 16.9 Å². The molecule has 8 heteroatoms. The highest BCUT2D eigenvalue weighted by Crippen LogP contribution is 2.21. The second kappa shape index (κ2) is 9.42. The Morgan fingerprint density at radius 3 is 2.39 bits per heavy atom. The van der Waals surface area contributed by atoms with Crippen molar-refractivity contribution in [1.82, 2.24) is 5.32 Å². The van der Waals surface area contributed by atoms with Gasteiger partial charge in [0.2, 0.25) is 11.8 Å². The number of aliphatic carboxylic acids is 1. The van der Waals surface area contributed by atoms with E-state index in [0.29, 0.717) is 5.69 Å². The number of hydrogen-bond acceptors (Lipinski definition) is 4. The number of para-hydroxylation sites is 1. The SMILES string of the molecule is CC(=O)NC(CSC(C)C(Cl)C(=O)Nc1ccccc1)C(=O)O. The highest BCUT2D eigenvalue weighted by atomic mass is 35.5. The summed E-state index contributed by atoms with van der Waals surface area (Å²) in [6.45, 7) is 2.99. The Bertz CT molecular complexity index is 556. The Labute approximate surface area is 144 Å². The number of carboxylic acid groups (broad SMARTS) is 1. The molecule has 23 heavy (non-hydrogen) atoms. The van der Waals surface area contributed by atoms with Crippen LogP contribution in [0.2, 0.25) is 0 Å². The monoisotopic (exact) mass is 358 g/mol. The van der Waals surface area contributed by atoms with Gasteiger partial charge < -0.3 is 15.7 Å². The van der Waals surface area contributed by atoms with Crippen LogP contribution in [0.15, 0.2) is 30.3 Å². The number of rotatable bonds is 8. The molecule has 0 bridgehead atoms. The molecule has 1 aromatic carbocycles. The molecule has 2 amide bonds. The van der Waals surface area contributed by atoms with Crippen LogP contribution in [0.25, 0.3) is 0 Å². The fraction of sp³-hybridized carbons (Fsp3) is 0.400. The molecular weight excluding hydrogens is 340 g/mol. The van der Waals surface area contributed by atoms with Crippen LogP contribution in [0.4, 0.5) is 5.69 Å². The molecule has 0 heterocycles. The van der Waals surface area contributed by atoms with Crippen LogP contribution >= 0.6 is 23.4 Å². The average Bonchev–Trinajstić information content (AvgIpc) is 2.50. The van der Waals surface area contributed by atoms with Crippen molar-refractivity contribution in [3.63, 3.8) is 0 Å². The molecule has 0 fully saturated rings. The lowest BCUT2D eigenvalue weighted by molar-refractivity contribution is -0.140. The molecule has 3 atom stereocenters. The maximum absolute atomic E-state index is 12.1. The Kier molecular flexibility index (Phi) is 7.91. The quantitative estimate of drug-likeness (QED) is 0.617. The van der Waals surface area contributed by atoms with Crippen LogP contribution < -0.4 is 10.6 Å². The zero-order valence-electron chi connectivity index (χ0n) is 12.8. The fourth-order valence-corrected chi connectivity index (χ4v) is 2.99. The van der Waals surface area contributed by atoms with Crippen LogP contribution in [-0.2, 0) is 14.4 Å². The van der Waals surface area contributed by atoms with Crippen LogP contribution in [0.3, 0.4) is 0 Å². The van der Waals surface area contributed by atoms with Gasteiger partial charge in [-0.2, -0.15) is 11.8 Å². The van der Waals surface area contributed by atoms with Crippen LogP contribution in [0.5, 0.6) is 0 Å². The fourth-order valence-electron chi connectivity index (χ4n) is 1.70. The first-order chi connectivity index (χ1) is 10.8. The van der Waals surface area contributed by atoms with Gasteiger partial charge in [0.1, 0.15) is 11.4 Å². The van der Waals surface area contributed by atoms with E-state index in [1.54, 1.807) is 31.2 Å². The summed E-state index contributed by atoms with van der Waals surface area (Å²) < 4.78 is 0. The van der Waals surface area contributed by atoms with Crippen molar-refractivity contribution < 1.29 is 19.5 Å². The summed E-state index contributed by atoms with van der Waals surface area (Å²) in [5, 5.41) is 12.9. The van der Waals surface area contributed by atoms with Crippen molar-refractivity contribution in [2.24, 2.45) is 0 Å². The second-order valence-electron chi connectivity index (χ2n) is 4.89. The highest BCUT2D eigenvalue weighted by Gasteiger charge is 2.26. The number of alkyl halides is 1. The molecule has 0 radical (unpaired) electrons.